The Morgan fingerprint density at radius 3 is 2.67 bits per heavy atom. The summed E-state index contributed by atoms with van der Waals surface area (Å²) in [5.74, 6) is 0. The van der Waals surface area contributed by atoms with Crippen LogP contribution in [0.2, 0.25) is 5.02 Å². The van der Waals surface area contributed by atoms with Crippen LogP contribution in [0.4, 0.5) is 14.5 Å². The Labute approximate surface area is 80.9 Å². The van der Waals surface area contributed by atoms with E-state index in [4.69, 9.17) is 17.3 Å². The molecule has 0 radical (unpaired) electrons. The molecule has 6 heteroatoms. The van der Waals surface area contributed by atoms with Gasteiger partial charge in [0, 0.05) is 6.20 Å². The largest absolute Gasteiger partial charge is 0.397 e. The fraction of sp³-hybridized carbons (Fsp3) is 0.167. The SMILES string of the molecule is Nc1c(C(F)F)cnc(Br)c1Cl. The van der Waals surface area contributed by atoms with E-state index in [0.29, 0.717) is 0 Å². The minimum Gasteiger partial charge on any atom is -0.397 e. The molecule has 0 atom stereocenters. The standard InChI is InChI=1S/C6H4BrClF2N2/c7-5-3(8)4(11)2(1-12-5)6(9)10/h1,6H,(H2,11,12). The number of alkyl halides is 2. The smallest absolute Gasteiger partial charge is 0.267 e. The molecule has 0 saturated carbocycles. The summed E-state index contributed by atoms with van der Waals surface area (Å²) in [5.41, 5.74) is 4.83. The molecule has 0 aliphatic carbocycles. The zero-order valence-electron chi connectivity index (χ0n) is 5.69. The van der Waals surface area contributed by atoms with Crippen molar-refractivity contribution in [1.82, 2.24) is 4.98 Å². The lowest BCUT2D eigenvalue weighted by Gasteiger charge is -2.05. The van der Waals surface area contributed by atoms with Gasteiger partial charge >= 0.3 is 0 Å². The van der Waals surface area contributed by atoms with Gasteiger partial charge in [-0.05, 0) is 15.9 Å². The molecule has 0 saturated heterocycles. The fourth-order valence-electron chi connectivity index (χ4n) is 0.664. The van der Waals surface area contributed by atoms with Crippen molar-refractivity contribution < 1.29 is 8.78 Å². The van der Waals surface area contributed by atoms with Gasteiger partial charge in [0.05, 0.1) is 16.3 Å². The van der Waals surface area contributed by atoms with Crippen LogP contribution in [0.1, 0.15) is 12.0 Å². The van der Waals surface area contributed by atoms with E-state index in [1.807, 2.05) is 0 Å². The molecule has 0 aromatic carbocycles. The van der Waals surface area contributed by atoms with E-state index in [9.17, 15) is 8.78 Å². The summed E-state index contributed by atoms with van der Waals surface area (Å²) in [6.45, 7) is 0. The number of aromatic nitrogens is 1. The Morgan fingerprint density at radius 2 is 2.17 bits per heavy atom. The lowest BCUT2D eigenvalue weighted by atomic mass is 10.2. The molecule has 0 bridgehead atoms. The van der Waals surface area contributed by atoms with Crippen LogP contribution in [0.3, 0.4) is 0 Å². The highest BCUT2D eigenvalue weighted by atomic mass is 79.9. The van der Waals surface area contributed by atoms with Crippen molar-refractivity contribution in [1.29, 1.82) is 0 Å². The van der Waals surface area contributed by atoms with Gasteiger partial charge in [-0.1, -0.05) is 11.6 Å². The number of hydrogen-bond acceptors (Lipinski definition) is 2. The first-order chi connectivity index (χ1) is 5.54. The molecular weight excluding hydrogens is 253 g/mol. The van der Waals surface area contributed by atoms with E-state index in [1.54, 1.807) is 0 Å². The van der Waals surface area contributed by atoms with Crippen LogP contribution in [-0.2, 0) is 0 Å². The molecule has 2 N–H and O–H groups in total. The minimum atomic E-state index is -2.65. The summed E-state index contributed by atoms with van der Waals surface area (Å²) < 4.78 is 24.6. The molecule has 2 nitrogen and oxygen atoms in total. The van der Waals surface area contributed by atoms with E-state index in [-0.39, 0.29) is 20.9 Å². The van der Waals surface area contributed by atoms with Crippen molar-refractivity contribution in [2.75, 3.05) is 5.73 Å². The van der Waals surface area contributed by atoms with Gasteiger partial charge in [0.2, 0.25) is 0 Å². The molecule has 1 aromatic rings. The zero-order valence-corrected chi connectivity index (χ0v) is 8.03. The van der Waals surface area contributed by atoms with E-state index in [0.717, 1.165) is 6.20 Å². The quantitative estimate of drug-likeness (QED) is 0.786. The van der Waals surface area contributed by atoms with Crippen molar-refractivity contribution in [2.24, 2.45) is 0 Å². The molecule has 0 fully saturated rings. The summed E-state index contributed by atoms with van der Waals surface area (Å²) in [6.07, 6.45) is -1.65. The molecule has 0 unspecified atom stereocenters. The predicted octanol–water partition coefficient (Wildman–Crippen LogP) is 3.02. The van der Waals surface area contributed by atoms with Crippen LogP contribution in [0, 0.1) is 0 Å². The Kier molecular flexibility index (Phi) is 2.85. The van der Waals surface area contributed by atoms with Gasteiger partial charge in [-0.3, -0.25) is 0 Å². The number of halogens is 4. The summed E-state index contributed by atoms with van der Waals surface area (Å²) in [5, 5.41) is 0.0211. The first-order valence-electron chi connectivity index (χ1n) is 2.91. The molecule has 66 valence electrons. The molecule has 0 amide bonds. The summed E-state index contributed by atoms with van der Waals surface area (Å²) in [6, 6.07) is 0. The highest BCUT2D eigenvalue weighted by Crippen LogP contribution is 2.33. The first-order valence-corrected chi connectivity index (χ1v) is 4.08. The molecular formula is C6H4BrClF2N2. The van der Waals surface area contributed by atoms with E-state index < -0.39 is 6.43 Å². The van der Waals surface area contributed by atoms with Crippen LogP contribution in [0.5, 0.6) is 0 Å². The van der Waals surface area contributed by atoms with Crippen molar-refractivity contribution in [3.8, 4) is 0 Å². The van der Waals surface area contributed by atoms with Gasteiger partial charge in [-0.15, -0.1) is 0 Å². The molecule has 1 rings (SSSR count). The van der Waals surface area contributed by atoms with E-state index in [2.05, 4.69) is 20.9 Å². The number of nitrogens with zero attached hydrogens (tertiary/aromatic N) is 1. The summed E-state index contributed by atoms with van der Waals surface area (Å²) in [7, 11) is 0. The second kappa shape index (κ2) is 3.53. The van der Waals surface area contributed by atoms with Crippen LogP contribution < -0.4 is 5.73 Å². The monoisotopic (exact) mass is 256 g/mol. The highest BCUT2D eigenvalue weighted by Gasteiger charge is 2.15. The van der Waals surface area contributed by atoms with Crippen molar-refractivity contribution >= 4 is 33.2 Å². The summed E-state index contributed by atoms with van der Waals surface area (Å²) >= 11 is 8.52. The molecule has 1 aromatic heterocycles. The van der Waals surface area contributed by atoms with Gasteiger partial charge in [0.1, 0.15) is 4.60 Å². The average molecular weight is 257 g/mol. The second-order valence-corrected chi connectivity index (χ2v) is 3.16. The number of nitrogens with two attached hydrogens (primary N) is 1. The maximum atomic E-state index is 12.1. The normalized spacial score (nSPS) is 10.8. The third-order valence-electron chi connectivity index (χ3n) is 1.28. The van der Waals surface area contributed by atoms with Crippen LogP contribution >= 0.6 is 27.5 Å². The molecule has 1 heterocycles. The van der Waals surface area contributed by atoms with Gasteiger partial charge in [-0.25, -0.2) is 13.8 Å². The van der Waals surface area contributed by atoms with E-state index in [1.165, 1.54) is 0 Å². The zero-order chi connectivity index (χ0) is 9.30. The molecule has 0 aliphatic rings. The lowest BCUT2D eigenvalue weighted by molar-refractivity contribution is 0.152. The van der Waals surface area contributed by atoms with Crippen molar-refractivity contribution in [3.05, 3.63) is 21.4 Å². The van der Waals surface area contributed by atoms with Gasteiger partial charge in [0.15, 0.2) is 0 Å². The van der Waals surface area contributed by atoms with Crippen molar-refractivity contribution in [2.45, 2.75) is 6.43 Å². The first kappa shape index (κ1) is 9.67. The molecule has 0 aliphatic heterocycles. The summed E-state index contributed by atoms with van der Waals surface area (Å²) in [4.78, 5) is 3.59. The Bertz CT molecular complexity index is 306. The number of hydrogen-bond donors (Lipinski definition) is 1. The Morgan fingerprint density at radius 1 is 1.58 bits per heavy atom. The highest BCUT2D eigenvalue weighted by molar-refractivity contribution is 9.10. The lowest BCUT2D eigenvalue weighted by Crippen LogP contribution is -1.97. The Balaban J connectivity index is 3.27. The van der Waals surface area contributed by atoms with Crippen LogP contribution in [0.15, 0.2) is 10.8 Å². The molecule has 0 spiro atoms. The maximum Gasteiger partial charge on any atom is 0.267 e. The third kappa shape index (κ3) is 1.67. The van der Waals surface area contributed by atoms with Gasteiger partial charge in [0.25, 0.3) is 6.43 Å². The topological polar surface area (TPSA) is 38.9 Å². The Hall–Kier alpha value is -0.420. The third-order valence-corrected chi connectivity index (χ3v) is 2.49. The van der Waals surface area contributed by atoms with E-state index >= 15 is 0 Å². The van der Waals surface area contributed by atoms with Crippen LogP contribution in [0.25, 0.3) is 0 Å². The number of rotatable bonds is 1. The van der Waals surface area contributed by atoms with Gasteiger partial charge in [-0.2, -0.15) is 0 Å². The predicted molar refractivity (Wildman–Crippen MR) is 46.3 cm³/mol. The molecule has 12 heavy (non-hydrogen) atoms. The second-order valence-electron chi connectivity index (χ2n) is 2.03. The number of nitrogen functional groups attached to an aromatic ring is 1. The maximum absolute atomic E-state index is 12.1. The van der Waals surface area contributed by atoms with Crippen LogP contribution in [-0.4, -0.2) is 4.98 Å². The number of pyridine rings is 1. The van der Waals surface area contributed by atoms with Crippen molar-refractivity contribution in [3.63, 3.8) is 0 Å². The average Bonchev–Trinajstić information content (AvgIpc) is 2.00. The van der Waals surface area contributed by atoms with Gasteiger partial charge < -0.3 is 5.73 Å². The minimum absolute atomic E-state index is 0.0211. The number of anilines is 1. The fourth-order valence-corrected chi connectivity index (χ4v) is 1.14.